The number of benzene rings is 3. The number of nitrogens with one attached hydrogen (secondary N) is 1. The Morgan fingerprint density at radius 2 is 1.94 bits per heavy atom. The average molecular weight is 408 g/mol. The maximum atomic E-state index is 13.2. The summed E-state index contributed by atoms with van der Waals surface area (Å²) in [5, 5.41) is 5.49. The fourth-order valence-electron chi connectivity index (χ4n) is 6.69. The van der Waals surface area contributed by atoms with Gasteiger partial charge in [0.1, 0.15) is 5.60 Å². The molecule has 0 radical (unpaired) electrons. The molecular weight excluding hydrogens is 388 g/mol. The number of para-hydroxylation sites is 1. The van der Waals surface area contributed by atoms with E-state index < -0.39 is 5.60 Å². The van der Waals surface area contributed by atoms with Crippen molar-refractivity contribution in [2.24, 2.45) is 0 Å². The van der Waals surface area contributed by atoms with Crippen LogP contribution in [0.15, 0.2) is 48.5 Å². The molecule has 4 aliphatic rings. The molecule has 5 heteroatoms. The molecule has 0 spiro atoms. The Labute approximate surface area is 178 Å². The molecule has 152 valence electrons. The van der Waals surface area contributed by atoms with Gasteiger partial charge in [-0.2, -0.15) is 0 Å². The average Bonchev–Trinajstić information content (AvgIpc) is 3.41. The molecule has 3 aromatic carbocycles. The van der Waals surface area contributed by atoms with Gasteiger partial charge in [0.25, 0.3) is 5.91 Å². The van der Waals surface area contributed by atoms with Crippen LogP contribution >= 0.6 is 0 Å². The van der Waals surface area contributed by atoms with Gasteiger partial charge in [0.05, 0.1) is 29.8 Å². The van der Waals surface area contributed by atoms with Gasteiger partial charge in [-0.05, 0) is 35.2 Å². The number of hydrogen-bond donors (Lipinski definition) is 1. The molecule has 1 aromatic heterocycles. The molecule has 3 atom stereocenters. The third-order valence-corrected chi connectivity index (χ3v) is 7.72. The summed E-state index contributed by atoms with van der Waals surface area (Å²) in [4.78, 5) is 13.2. The number of hydrogen-bond acceptors (Lipinski definition) is 3. The molecular formula is C26H20N2O3. The number of ether oxygens (including phenoxy) is 2. The number of carbonyl (C=O) groups excluding carboxylic acids is 1. The van der Waals surface area contributed by atoms with Gasteiger partial charge in [0.2, 0.25) is 0 Å². The van der Waals surface area contributed by atoms with Gasteiger partial charge in [-0.1, -0.05) is 42.5 Å². The largest absolute Gasteiger partial charge is 0.374 e. The van der Waals surface area contributed by atoms with Gasteiger partial charge in [0, 0.05) is 28.8 Å². The highest BCUT2D eigenvalue weighted by molar-refractivity contribution is 6.20. The fraction of sp³-hybridized carbons (Fsp3) is 0.269. The Hall–Kier alpha value is -3.15. The zero-order chi connectivity index (χ0) is 20.5. The van der Waals surface area contributed by atoms with Crippen LogP contribution in [0.25, 0.3) is 32.9 Å². The van der Waals surface area contributed by atoms with Crippen LogP contribution in [0, 0.1) is 0 Å². The van der Waals surface area contributed by atoms with Crippen LogP contribution in [-0.4, -0.2) is 29.3 Å². The summed E-state index contributed by atoms with van der Waals surface area (Å²) in [7, 11) is 0. The number of aromatic nitrogens is 1. The molecule has 1 N–H and O–H groups in total. The third-order valence-electron chi connectivity index (χ3n) is 7.72. The number of nitrogens with zero attached hydrogens (tertiary/aromatic N) is 1. The SMILES string of the molecule is C[C@@]12COC[C@@H](O1)n1c3ccccc3c3c4c(c5c(c31)[C@H]2c1ccccc1-5)C(=O)NC4. The first-order valence-electron chi connectivity index (χ1n) is 10.9. The van der Waals surface area contributed by atoms with Crippen molar-refractivity contribution < 1.29 is 14.3 Å². The first-order chi connectivity index (χ1) is 15.2. The molecule has 1 fully saturated rings. The van der Waals surface area contributed by atoms with E-state index in [1.54, 1.807) is 0 Å². The topological polar surface area (TPSA) is 52.5 Å². The second-order valence-corrected chi connectivity index (χ2v) is 9.36. The van der Waals surface area contributed by atoms with Gasteiger partial charge in [0.15, 0.2) is 6.23 Å². The van der Waals surface area contributed by atoms with Gasteiger partial charge in [-0.3, -0.25) is 4.79 Å². The first kappa shape index (κ1) is 16.5. The van der Waals surface area contributed by atoms with Crippen molar-refractivity contribution in [1.29, 1.82) is 0 Å². The highest BCUT2D eigenvalue weighted by atomic mass is 16.6. The first-order valence-corrected chi connectivity index (χ1v) is 10.9. The summed E-state index contributed by atoms with van der Waals surface area (Å²) in [6, 6.07) is 17.0. The molecule has 0 saturated carbocycles. The van der Waals surface area contributed by atoms with Crippen LogP contribution < -0.4 is 5.32 Å². The number of rotatable bonds is 0. The van der Waals surface area contributed by atoms with Crippen molar-refractivity contribution in [2.75, 3.05) is 13.2 Å². The van der Waals surface area contributed by atoms with E-state index in [1.165, 1.54) is 27.4 Å². The van der Waals surface area contributed by atoms with E-state index in [4.69, 9.17) is 9.47 Å². The summed E-state index contributed by atoms with van der Waals surface area (Å²) in [5.74, 6) is 0.0539. The maximum absolute atomic E-state index is 13.2. The quantitative estimate of drug-likeness (QED) is 0.467. The van der Waals surface area contributed by atoms with Crippen molar-refractivity contribution in [1.82, 2.24) is 9.88 Å². The van der Waals surface area contributed by atoms with E-state index in [0.717, 1.165) is 27.8 Å². The zero-order valence-corrected chi connectivity index (χ0v) is 17.1. The molecule has 4 heterocycles. The normalized spacial score (nSPS) is 27.3. The van der Waals surface area contributed by atoms with Crippen molar-refractivity contribution in [3.05, 3.63) is 70.8 Å². The minimum atomic E-state index is -0.499. The molecule has 8 rings (SSSR count). The Morgan fingerprint density at radius 3 is 2.87 bits per heavy atom. The molecule has 1 saturated heterocycles. The van der Waals surface area contributed by atoms with E-state index in [9.17, 15) is 4.79 Å². The minimum Gasteiger partial charge on any atom is -0.374 e. The fourth-order valence-corrected chi connectivity index (χ4v) is 6.69. The van der Waals surface area contributed by atoms with Crippen molar-refractivity contribution in [3.63, 3.8) is 0 Å². The number of amides is 1. The monoisotopic (exact) mass is 408 g/mol. The molecule has 3 aliphatic heterocycles. The Balaban J connectivity index is 1.70. The van der Waals surface area contributed by atoms with Crippen molar-refractivity contribution in [2.45, 2.75) is 31.2 Å². The molecule has 1 amide bonds. The zero-order valence-electron chi connectivity index (χ0n) is 17.1. The van der Waals surface area contributed by atoms with Gasteiger partial charge in [-0.15, -0.1) is 0 Å². The second kappa shape index (κ2) is 5.18. The number of fused-ring (bicyclic) bond motifs is 13. The summed E-state index contributed by atoms with van der Waals surface area (Å²) in [5.41, 5.74) is 8.54. The highest BCUT2D eigenvalue weighted by Gasteiger charge is 2.52. The molecule has 31 heavy (non-hydrogen) atoms. The Morgan fingerprint density at radius 1 is 1.10 bits per heavy atom. The van der Waals surface area contributed by atoms with E-state index in [-0.39, 0.29) is 18.1 Å². The Kier molecular flexibility index (Phi) is 2.76. The summed E-state index contributed by atoms with van der Waals surface area (Å²) < 4.78 is 15.4. The molecule has 5 nitrogen and oxygen atoms in total. The third kappa shape index (κ3) is 1.73. The van der Waals surface area contributed by atoms with Crippen LogP contribution in [0.5, 0.6) is 0 Å². The predicted octanol–water partition coefficient (Wildman–Crippen LogP) is 4.47. The van der Waals surface area contributed by atoms with E-state index in [1.807, 2.05) is 0 Å². The van der Waals surface area contributed by atoms with E-state index in [2.05, 4.69) is 65.3 Å². The van der Waals surface area contributed by atoms with Crippen LogP contribution in [-0.2, 0) is 16.0 Å². The van der Waals surface area contributed by atoms with Gasteiger partial charge < -0.3 is 19.4 Å². The lowest BCUT2D eigenvalue weighted by molar-refractivity contribution is -0.217. The molecule has 1 aliphatic carbocycles. The van der Waals surface area contributed by atoms with Crippen LogP contribution in [0.1, 0.15) is 46.1 Å². The smallest absolute Gasteiger partial charge is 0.252 e. The minimum absolute atomic E-state index is 0.0215. The van der Waals surface area contributed by atoms with Crippen LogP contribution in [0.4, 0.5) is 0 Å². The second-order valence-electron chi connectivity index (χ2n) is 9.36. The van der Waals surface area contributed by atoms with Gasteiger partial charge in [-0.25, -0.2) is 0 Å². The van der Waals surface area contributed by atoms with Crippen LogP contribution in [0.3, 0.4) is 0 Å². The molecule has 4 aromatic rings. The predicted molar refractivity (Wildman–Crippen MR) is 117 cm³/mol. The highest BCUT2D eigenvalue weighted by Crippen LogP contribution is 2.60. The summed E-state index contributed by atoms with van der Waals surface area (Å²) in [6.07, 6.45) is -0.189. The van der Waals surface area contributed by atoms with Crippen molar-refractivity contribution in [3.8, 4) is 11.1 Å². The lowest BCUT2D eigenvalue weighted by Gasteiger charge is -2.41. The van der Waals surface area contributed by atoms with Crippen LogP contribution in [0.2, 0.25) is 0 Å². The van der Waals surface area contributed by atoms with Crippen molar-refractivity contribution >= 4 is 27.7 Å². The Bertz CT molecular complexity index is 1500. The lowest BCUT2D eigenvalue weighted by Crippen LogP contribution is -2.46. The molecule has 2 bridgehead atoms. The number of carbonyl (C=O) groups is 1. The standard InChI is InChI=1S/C26H20N2O3/c1-26-12-30-11-18(31-26)28-17-9-5-4-8-15(17)19-16-10-27-25(29)21(16)20-13-6-2-3-7-14(13)23(26)22(20)24(19)28/h2-9,18,23H,10-12H2,1H3,(H,27,29)/t18-,23-,26+/m1/s1. The van der Waals surface area contributed by atoms with Gasteiger partial charge >= 0.3 is 0 Å². The lowest BCUT2D eigenvalue weighted by atomic mass is 9.80. The van der Waals surface area contributed by atoms with E-state index >= 15 is 0 Å². The summed E-state index contributed by atoms with van der Waals surface area (Å²) in [6.45, 7) is 3.80. The van der Waals surface area contributed by atoms with E-state index in [0.29, 0.717) is 19.8 Å². The summed E-state index contributed by atoms with van der Waals surface area (Å²) >= 11 is 0. The molecule has 0 unspecified atom stereocenters. The maximum Gasteiger partial charge on any atom is 0.252 e.